The van der Waals surface area contributed by atoms with Crippen molar-refractivity contribution in [2.75, 3.05) is 27.4 Å². The van der Waals surface area contributed by atoms with Crippen LogP contribution in [0, 0.1) is 0 Å². The molecule has 2 N–H and O–H groups in total. The van der Waals surface area contributed by atoms with Crippen LogP contribution in [-0.2, 0) is 14.3 Å². The first-order valence-electron chi connectivity index (χ1n) is 4.10. The van der Waals surface area contributed by atoms with Crippen molar-refractivity contribution in [1.29, 1.82) is 0 Å². The Morgan fingerprint density at radius 3 is 2.62 bits per heavy atom. The third-order valence-corrected chi connectivity index (χ3v) is 1.57. The number of aliphatic hydroxyl groups excluding tert-OH is 1. The van der Waals surface area contributed by atoms with E-state index in [0.717, 1.165) is 0 Å². The predicted molar refractivity (Wildman–Crippen MR) is 47.4 cm³/mol. The summed E-state index contributed by atoms with van der Waals surface area (Å²) in [5, 5.41) is 12.0. The van der Waals surface area contributed by atoms with Gasteiger partial charge in [-0.3, -0.25) is 4.79 Å². The molecule has 0 aromatic rings. The fraction of sp³-hybridized carbons (Fsp3) is 0.875. The van der Waals surface area contributed by atoms with E-state index in [-0.39, 0.29) is 12.6 Å². The minimum atomic E-state index is -0.600. The number of hydrogen-bond acceptors (Lipinski definition) is 5. The summed E-state index contributed by atoms with van der Waals surface area (Å²) < 4.78 is 9.21. The van der Waals surface area contributed by atoms with Gasteiger partial charge in [0, 0.05) is 13.7 Å². The first-order chi connectivity index (χ1) is 6.11. The molecule has 0 radical (unpaired) electrons. The van der Waals surface area contributed by atoms with Crippen LogP contribution in [0.4, 0.5) is 0 Å². The molecule has 0 spiro atoms. The van der Waals surface area contributed by atoms with Gasteiger partial charge in [0.2, 0.25) is 0 Å². The van der Waals surface area contributed by atoms with Gasteiger partial charge in [-0.05, 0) is 6.92 Å². The quantitative estimate of drug-likeness (QED) is 0.535. The van der Waals surface area contributed by atoms with E-state index in [2.05, 4.69) is 10.1 Å². The molecule has 0 amide bonds. The van der Waals surface area contributed by atoms with Gasteiger partial charge in [-0.25, -0.2) is 0 Å². The first kappa shape index (κ1) is 12.3. The highest BCUT2D eigenvalue weighted by atomic mass is 16.5. The second-order valence-electron chi connectivity index (χ2n) is 2.76. The third kappa shape index (κ3) is 5.57. The van der Waals surface area contributed by atoms with Crippen LogP contribution in [-0.4, -0.2) is 50.6 Å². The fourth-order valence-electron chi connectivity index (χ4n) is 0.824. The lowest BCUT2D eigenvalue weighted by atomic mass is 10.3. The minimum Gasteiger partial charge on any atom is -0.468 e. The normalized spacial score (nSPS) is 15.1. The maximum Gasteiger partial charge on any atom is 0.322 e. The first-order valence-corrected chi connectivity index (χ1v) is 4.10. The molecule has 0 bridgehead atoms. The highest BCUT2D eigenvalue weighted by Crippen LogP contribution is 1.87. The Labute approximate surface area is 78.0 Å². The SMILES string of the molecule is COCC(O)CNC(C)C(=O)OC. The van der Waals surface area contributed by atoms with Gasteiger partial charge in [-0.2, -0.15) is 0 Å². The third-order valence-electron chi connectivity index (χ3n) is 1.57. The molecule has 2 unspecified atom stereocenters. The number of rotatable bonds is 6. The molecule has 0 aliphatic heterocycles. The van der Waals surface area contributed by atoms with Crippen LogP contribution in [0.1, 0.15) is 6.92 Å². The summed E-state index contributed by atoms with van der Waals surface area (Å²) in [6.07, 6.45) is -0.600. The highest BCUT2D eigenvalue weighted by Gasteiger charge is 2.13. The van der Waals surface area contributed by atoms with Gasteiger partial charge < -0.3 is 19.9 Å². The summed E-state index contributed by atoms with van der Waals surface area (Å²) in [5.41, 5.74) is 0. The van der Waals surface area contributed by atoms with Gasteiger partial charge in [0.25, 0.3) is 0 Å². The van der Waals surface area contributed by atoms with E-state index in [1.54, 1.807) is 6.92 Å². The van der Waals surface area contributed by atoms with E-state index in [0.29, 0.717) is 6.54 Å². The lowest BCUT2D eigenvalue weighted by Crippen LogP contribution is -2.40. The summed E-state index contributed by atoms with van der Waals surface area (Å²) in [4.78, 5) is 10.9. The Hall–Kier alpha value is -0.650. The molecular formula is C8H17NO4. The zero-order chi connectivity index (χ0) is 10.3. The number of nitrogens with one attached hydrogen (secondary N) is 1. The van der Waals surface area contributed by atoms with Crippen LogP contribution in [0.15, 0.2) is 0 Å². The van der Waals surface area contributed by atoms with Gasteiger partial charge in [-0.1, -0.05) is 0 Å². The molecule has 0 aromatic heterocycles. The molecule has 0 saturated heterocycles. The van der Waals surface area contributed by atoms with E-state index in [1.807, 2.05) is 0 Å². The van der Waals surface area contributed by atoms with Crippen LogP contribution < -0.4 is 5.32 Å². The molecule has 78 valence electrons. The van der Waals surface area contributed by atoms with E-state index in [1.165, 1.54) is 14.2 Å². The molecule has 0 aliphatic rings. The molecule has 0 saturated carbocycles. The standard InChI is InChI=1S/C8H17NO4/c1-6(8(11)13-3)9-4-7(10)5-12-2/h6-7,9-10H,4-5H2,1-3H3. The molecule has 0 heterocycles. The van der Waals surface area contributed by atoms with E-state index >= 15 is 0 Å². The van der Waals surface area contributed by atoms with Crippen molar-refractivity contribution < 1.29 is 19.4 Å². The second-order valence-corrected chi connectivity index (χ2v) is 2.76. The molecule has 5 heteroatoms. The zero-order valence-corrected chi connectivity index (χ0v) is 8.24. The lowest BCUT2D eigenvalue weighted by Gasteiger charge is -2.14. The van der Waals surface area contributed by atoms with Crippen LogP contribution in [0.3, 0.4) is 0 Å². The Bertz CT molecular complexity index is 151. The number of hydrogen-bond donors (Lipinski definition) is 2. The Kier molecular flexibility index (Phi) is 6.48. The predicted octanol–water partition coefficient (Wildman–Crippen LogP) is -0.855. The molecule has 0 rings (SSSR count). The Morgan fingerprint density at radius 2 is 2.15 bits per heavy atom. The van der Waals surface area contributed by atoms with Crippen LogP contribution >= 0.6 is 0 Å². The Balaban J connectivity index is 3.56. The summed E-state index contributed by atoms with van der Waals surface area (Å²) in [6.45, 7) is 2.23. The van der Waals surface area contributed by atoms with Crippen molar-refractivity contribution in [2.45, 2.75) is 19.1 Å². The summed E-state index contributed by atoms with van der Waals surface area (Å²) >= 11 is 0. The van der Waals surface area contributed by atoms with Gasteiger partial charge in [0.1, 0.15) is 6.04 Å². The number of aliphatic hydroxyl groups is 1. The number of esters is 1. The maximum absolute atomic E-state index is 10.9. The molecule has 0 aliphatic carbocycles. The smallest absolute Gasteiger partial charge is 0.322 e. The molecule has 0 aromatic carbocycles. The lowest BCUT2D eigenvalue weighted by molar-refractivity contribution is -0.142. The van der Waals surface area contributed by atoms with Gasteiger partial charge in [0.05, 0.1) is 19.8 Å². The molecule has 5 nitrogen and oxygen atoms in total. The van der Waals surface area contributed by atoms with Crippen molar-refractivity contribution in [3.8, 4) is 0 Å². The topological polar surface area (TPSA) is 67.8 Å². The van der Waals surface area contributed by atoms with E-state index in [9.17, 15) is 9.90 Å². The summed E-state index contributed by atoms with van der Waals surface area (Å²) in [6, 6.07) is -0.406. The van der Waals surface area contributed by atoms with Crippen LogP contribution in [0.25, 0.3) is 0 Å². The van der Waals surface area contributed by atoms with Crippen molar-refractivity contribution in [1.82, 2.24) is 5.32 Å². The minimum absolute atomic E-state index is 0.251. The number of carbonyl (C=O) groups excluding carboxylic acids is 1. The second kappa shape index (κ2) is 6.82. The highest BCUT2D eigenvalue weighted by molar-refractivity contribution is 5.75. The number of methoxy groups -OCH3 is 2. The van der Waals surface area contributed by atoms with Crippen molar-refractivity contribution in [3.05, 3.63) is 0 Å². The van der Waals surface area contributed by atoms with Crippen LogP contribution in [0.5, 0.6) is 0 Å². The largest absolute Gasteiger partial charge is 0.468 e. The van der Waals surface area contributed by atoms with Gasteiger partial charge >= 0.3 is 5.97 Å². The fourth-order valence-corrected chi connectivity index (χ4v) is 0.824. The average Bonchev–Trinajstić information content (AvgIpc) is 2.13. The summed E-state index contributed by atoms with van der Waals surface area (Å²) in [5.74, 6) is -0.343. The monoisotopic (exact) mass is 191 g/mol. The van der Waals surface area contributed by atoms with E-state index in [4.69, 9.17) is 4.74 Å². The number of ether oxygens (including phenoxy) is 2. The zero-order valence-electron chi connectivity index (χ0n) is 8.24. The molecule has 13 heavy (non-hydrogen) atoms. The maximum atomic E-state index is 10.9. The average molecular weight is 191 g/mol. The van der Waals surface area contributed by atoms with Crippen molar-refractivity contribution in [3.63, 3.8) is 0 Å². The molecular weight excluding hydrogens is 174 g/mol. The molecule has 2 atom stereocenters. The van der Waals surface area contributed by atoms with Crippen molar-refractivity contribution >= 4 is 5.97 Å². The molecule has 0 fully saturated rings. The number of carbonyl (C=O) groups is 1. The Morgan fingerprint density at radius 1 is 1.54 bits per heavy atom. The van der Waals surface area contributed by atoms with Gasteiger partial charge in [-0.15, -0.1) is 0 Å². The van der Waals surface area contributed by atoms with E-state index < -0.39 is 12.1 Å². The van der Waals surface area contributed by atoms with Gasteiger partial charge in [0.15, 0.2) is 0 Å². The summed E-state index contributed by atoms with van der Waals surface area (Å²) in [7, 11) is 2.83. The van der Waals surface area contributed by atoms with Crippen LogP contribution in [0.2, 0.25) is 0 Å². The van der Waals surface area contributed by atoms with Crippen molar-refractivity contribution in [2.24, 2.45) is 0 Å².